The van der Waals surface area contributed by atoms with Gasteiger partial charge >= 0.3 is 0 Å². The second-order valence-corrected chi connectivity index (χ2v) is 26.0. The first-order valence-electron chi connectivity index (χ1n) is 22.7. The number of rotatable bonds is 0. The molecule has 4 aliphatic rings. The van der Waals surface area contributed by atoms with Gasteiger partial charge in [0.05, 0.1) is 25.3 Å². The van der Waals surface area contributed by atoms with Crippen LogP contribution in [0.3, 0.4) is 0 Å². The van der Waals surface area contributed by atoms with Crippen LogP contribution < -0.4 is 0 Å². The number of allylic oxidation sites excluding steroid dienone is 2. The van der Waals surface area contributed by atoms with E-state index in [1.807, 2.05) is 0 Å². The second kappa shape index (κ2) is 18.9. The van der Waals surface area contributed by atoms with Crippen molar-refractivity contribution in [2.75, 3.05) is 19.8 Å². The van der Waals surface area contributed by atoms with Crippen molar-refractivity contribution in [3.8, 4) is 0 Å². The Balaban J connectivity index is 0.000000387. The molecule has 0 radical (unpaired) electrons. The van der Waals surface area contributed by atoms with Crippen molar-refractivity contribution in [1.82, 2.24) is 19.6 Å². The van der Waals surface area contributed by atoms with Crippen LogP contribution in [0.5, 0.6) is 0 Å². The third-order valence-corrected chi connectivity index (χ3v) is 12.0. The van der Waals surface area contributed by atoms with Crippen LogP contribution in [0.15, 0.2) is 49.3 Å². The number of morpholine rings is 1. The molecule has 6 heteroatoms. The van der Waals surface area contributed by atoms with Crippen LogP contribution in [0.1, 0.15) is 198 Å². The maximum Gasteiger partial charge on any atom is 0.182 e. The molecule has 4 rings (SSSR count). The van der Waals surface area contributed by atoms with Gasteiger partial charge in [0.15, 0.2) is 5.88 Å². The van der Waals surface area contributed by atoms with Crippen molar-refractivity contribution < 1.29 is 9.47 Å². The Kier molecular flexibility index (Phi) is 17.6. The summed E-state index contributed by atoms with van der Waals surface area (Å²) >= 11 is 0. The summed E-state index contributed by atoms with van der Waals surface area (Å²) < 4.78 is 11.2. The fourth-order valence-electron chi connectivity index (χ4n) is 9.47. The number of likely N-dealkylation sites (tertiary alicyclic amines) is 2. The first-order chi connectivity index (χ1) is 25.6. The van der Waals surface area contributed by atoms with Crippen molar-refractivity contribution in [3.05, 3.63) is 49.3 Å². The predicted octanol–water partition coefficient (Wildman–Crippen LogP) is 14.1. The molecule has 4 heterocycles. The zero-order chi connectivity index (χ0) is 46.0. The van der Waals surface area contributed by atoms with Crippen LogP contribution in [-0.4, -0.2) is 85.7 Å². The highest BCUT2D eigenvalue weighted by Crippen LogP contribution is 2.43. The Morgan fingerprint density at radius 3 is 1.03 bits per heavy atom. The lowest BCUT2D eigenvalue weighted by atomic mass is 9.78. The molecular formula is C52H100N4O2. The van der Waals surface area contributed by atoms with Gasteiger partial charge in [0.2, 0.25) is 0 Å². The predicted molar refractivity (Wildman–Crippen MR) is 256 cm³/mol. The number of ether oxygens (including phenoxy) is 2. The molecule has 0 aliphatic carbocycles. The zero-order valence-electron chi connectivity index (χ0n) is 43.4. The summed E-state index contributed by atoms with van der Waals surface area (Å²) in [6.45, 7) is 73.4. The standard InChI is InChI=1S/C14H27N.C13H25NO.C13H25N.C12H23NO/c1-11-9-8-10-12(13(2,3)4)15(11)14(5,6)7;1-10-8-15-9-11(12(2,3)4)14(10)13(5,6)7;1-10-8-9-11(12(2,3)4)14(10)13(5,6)7;1-9-13(12(5,6)7)10(8-14-9)11(2,3)4/h12H,1,8-10H2,2-7H3;11H,1,8-9H2,2-7H3;11H,1,8-9H2,2-7H3;10H,1,8H2,2-7H3. The van der Waals surface area contributed by atoms with Gasteiger partial charge < -0.3 is 29.1 Å². The van der Waals surface area contributed by atoms with Crippen molar-refractivity contribution in [3.63, 3.8) is 0 Å². The molecule has 4 saturated heterocycles. The third kappa shape index (κ3) is 15.1. The van der Waals surface area contributed by atoms with Gasteiger partial charge in [-0.15, -0.1) is 0 Å². The minimum atomic E-state index is 0.0888. The lowest BCUT2D eigenvalue weighted by Crippen LogP contribution is -2.57. The summed E-state index contributed by atoms with van der Waals surface area (Å²) in [6, 6.07) is 2.13. The molecule has 0 N–H and O–H groups in total. The normalized spacial score (nSPS) is 24.4. The van der Waals surface area contributed by atoms with Crippen molar-refractivity contribution >= 4 is 0 Å². The van der Waals surface area contributed by atoms with E-state index in [1.165, 1.54) is 43.5 Å². The average molecular weight is 813 g/mol. The van der Waals surface area contributed by atoms with E-state index in [2.05, 4.69) is 212 Å². The van der Waals surface area contributed by atoms with E-state index >= 15 is 0 Å². The molecule has 0 saturated carbocycles. The smallest absolute Gasteiger partial charge is 0.182 e. The van der Waals surface area contributed by atoms with E-state index in [9.17, 15) is 0 Å². The fourth-order valence-corrected chi connectivity index (χ4v) is 9.47. The van der Waals surface area contributed by atoms with Crippen LogP contribution in [0.25, 0.3) is 0 Å². The molecule has 340 valence electrons. The monoisotopic (exact) mass is 813 g/mol. The van der Waals surface area contributed by atoms with Crippen LogP contribution >= 0.6 is 0 Å². The molecule has 0 amide bonds. The largest absolute Gasteiger partial charge is 0.477 e. The van der Waals surface area contributed by atoms with E-state index in [4.69, 9.17) is 9.47 Å². The van der Waals surface area contributed by atoms with Crippen LogP contribution in [-0.2, 0) is 9.47 Å². The summed E-state index contributed by atoms with van der Waals surface area (Å²) in [5, 5.41) is 0. The minimum Gasteiger partial charge on any atom is -0.477 e. The van der Waals surface area contributed by atoms with Crippen LogP contribution in [0, 0.1) is 21.7 Å². The van der Waals surface area contributed by atoms with Crippen molar-refractivity contribution in [2.45, 2.75) is 245 Å². The number of hydrogen-bond donors (Lipinski definition) is 0. The number of piperidine rings is 1. The highest BCUT2D eigenvalue weighted by molar-refractivity contribution is 5.12. The number of hydrogen-bond acceptors (Lipinski definition) is 6. The van der Waals surface area contributed by atoms with Crippen LogP contribution in [0.2, 0.25) is 0 Å². The van der Waals surface area contributed by atoms with E-state index in [0.717, 1.165) is 24.8 Å². The van der Waals surface area contributed by atoms with E-state index in [0.29, 0.717) is 41.6 Å². The third-order valence-electron chi connectivity index (χ3n) is 12.0. The molecule has 4 atom stereocenters. The SMILES string of the molecule is C=C1CCC(C(C)(C)C)N1C(C)(C)C.C=C1CCCC(C(C)(C)C)N1C(C)(C)C.C=C1COCC(C(C)(C)C)N1C(C)(C)C.C=C1OCC(C(C)(C)C)N1C(C)(C)C. The molecule has 0 spiro atoms. The van der Waals surface area contributed by atoms with Gasteiger partial charge in [-0.3, -0.25) is 0 Å². The lowest BCUT2D eigenvalue weighted by molar-refractivity contribution is -0.0537. The van der Waals surface area contributed by atoms with Gasteiger partial charge in [-0.2, -0.15) is 0 Å². The lowest BCUT2D eigenvalue weighted by Gasteiger charge is -2.52. The molecule has 0 aromatic rings. The summed E-state index contributed by atoms with van der Waals surface area (Å²) in [5.74, 6) is 0.817. The van der Waals surface area contributed by atoms with Crippen LogP contribution in [0.4, 0.5) is 0 Å². The summed E-state index contributed by atoms with van der Waals surface area (Å²) in [7, 11) is 0. The Morgan fingerprint density at radius 2 is 0.724 bits per heavy atom. The molecule has 0 aromatic heterocycles. The van der Waals surface area contributed by atoms with Crippen molar-refractivity contribution in [2.24, 2.45) is 21.7 Å². The van der Waals surface area contributed by atoms with Crippen molar-refractivity contribution in [1.29, 1.82) is 0 Å². The molecule has 0 bridgehead atoms. The molecule has 4 unspecified atom stereocenters. The van der Waals surface area contributed by atoms with E-state index < -0.39 is 0 Å². The maximum atomic E-state index is 5.61. The fraction of sp³-hybridized carbons (Fsp3) is 0.846. The molecule has 4 aliphatic heterocycles. The Hall–Kier alpha value is -2.08. The maximum absolute atomic E-state index is 5.61. The van der Waals surface area contributed by atoms with Gasteiger partial charge in [-0.25, -0.2) is 0 Å². The molecule has 0 aromatic carbocycles. The van der Waals surface area contributed by atoms with Gasteiger partial charge in [-0.1, -0.05) is 103 Å². The molecule has 58 heavy (non-hydrogen) atoms. The topological polar surface area (TPSA) is 31.4 Å². The average Bonchev–Trinajstić information content (AvgIpc) is 3.59. The Labute approximate surface area is 363 Å². The second-order valence-electron chi connectivity index (χ2n) is 26.0. The molecule has 6 nitrogen and oxygen atoms in total. The Morgan fingerprint density at radius 1 is 0.397 bits per heavy atom. The minimum absolute atomic E-state index is 0.0888. The first-order valence-corrected chi connectivity index (χ1v) is 22.7. The molecular weight excluding hydrogens is 713 g/mol. The number of nitrogens with zero attached hydrogens (tertiary/aromatic N) is 4. The van der Waals surface area contributed by atoms with Gasteiger partial charge in [0, 0.05) is 51.3 Å². The highest BCUT2D eigenvalue weighted by Gasteiger charge is 2.44. The van der Waals surface area contributed by atoms with E-state index in [1.54, 1.807) is 0 Å². The zero-order valence-corrected chi connectivity index (χ0v) is 43.4. The highest BCUT2D eigenvalue weighted by atomic mass is 16.5. The van der Waals surface area contributed by atoms with Gasteiger partial charge in [0.25, 0.3) is 0 Å². The summed E-state index contributed by atoms with van der Waals surface area (Å²) in [5.41, 5.74) is 5.53. The summed E-state index contributed by atoms with van der Waals surface area (Å²) in [6.07, 6.45) is 6.20. The van der Waals surface area contributed by atoms with Gasteiger partial charge in [-0.05, 0) is 143 Å². The Bertz CT molecular complexity index is 1260. The molecule has 4 fully saturated rings. The van der Waals surface area contributed by atoms with Gasteiger partial charge in [0.1, 0.15) is 6.61 Å². The first kappa shape index (κ1) is 53.9. The summed E-state index contributed by atoms with van der Waals surface area (Å²) in [4.78, 5) is 9.80. The quantitative estimate of drug-likeness (QED) is 0.242. The van der Waals surface area contributed by atoms with E-state index in [-0.39, 0.29) is 33.0 Å².